The summed E-state index contributed by atoms with van der Waals surface area (Å²) in [7, 11) is 0. The fourth-order valence-electron chi connectivity index (χ4n) is 3.32. The molecule has 0 spiro atoms. The van der Waals surface area contributed by atoms with Gasteiger partial charge in [-0.2, -0.15) is 0 Å². The summed E-state index contributed by atoms with van der Waals surface area (Å²) in [5.41, 5.74) is 4.88. The van der Waals surface area contributed by atoms with Gasteiger partial charge >= 0.3 is 171 Å². The third kappa shape index (κ3) is 3.92. The van der Waals surface area contributed by atoms with Crippen molar-refractivity contribution in [3.05, 3.63) is 84.4 Å². The molecule has 27 heavy (non-hydrogen) atoms. The number of rotatable bonds is 4. The Morgan fingerprint density at radius 3 is 2.11 bits per heavy atom. The van der Waals surface area contributed by atoms with Gasteiger partial charge in [0.1, 0.15) is 0 Å². The van der Waals surface area contributed by atoms with Crippen molar-refractivity contribution in [2.75, 3.05) is 4.90 Å². The molecule has 0 saturated heterocycles. The van der Waals surface area contributed by atoms with E-state index in [9.17, 15) is 0 Å². The zero-order chi connectivity index (χ0) is 19.0. The van der Waals surface area contributed by atoms with E-state index in [2.05, 4.69) is 106 Å². The maximum atomic E-state index is 2.49. The molecule has 0 radical (unpaired) electrons. The molecule has 0 aliphatic carbocycles. The van der Waals surface area contributed by atoms with Crippen LogP contribution >= 0.6 is 11.3 Å². The Morgan fingerprint density at radius 2 is 1.41 bits per heavy atom. The molecule has 4 aromatic rings. The van der Waals surface area contributed by atoms with Crippen LogP contribution in [0.1, 0.15) is 5.56 Å². The van der Waals surface area contributed by atoms with Crippen LogP contribution < -0.4 is 7.79 Å². The van der Waals surface area contributed by atoms with Crippen LogP contribution in [0.5, 0.6) is 0 Å². The summed E-state index contributed by atoms with van der Waals surface area (Å²) in [5.74, 6) is 0. The van der Waals surface area contributed by atoms with Gasteiger partial charge in [-0.05, 0) is 0 Å². The first-order valence-electron chi connectivity index (χ1n) is 9.38. The second-order valence-electron chi connectivity index (χ2n) is 8.09. The molecular weight excluding hydrogens is 453 g/mol. The van der Waals surface area contributed by atoms with E-state index in [0.717, 1.165) is 0 Å². The summed E-state index contributed by atoms with van der Waals surface area (Å²) in [5, 5.41) is 1.38. The number of anilines is 3. The Balaban J connectivity index is 1.87. The van der Waals surface area contributed by atoms with Crippen LogP contribution in [-0.2, 0) is 0 Å². The molecule has 136 valence electrons. The first kappa shape index (κ1) is 18.6. The minimum absolute atomic E-state index is 1.19. The molecule has 0 N–H and O–H groups in total. The van der Waals surface area contributed by atoms with Crippen LogP contribution in [-0.4, -0.2) is 18.4 Å². The van der Waals surface area contributed by atoms with Gasteiger partial charge in [-0.15, -0.1) is 0 Å². The topological polar surface area (TPSA) is 3.24 Å². The Kier molecular flexibility index (Phi) is 5.04. The molecule has 0 atom stereocenters. The molecule has 1 heterocycles. The third-order valence-electron chi connectivity index (χ3n) is 4.78. The molecule has 0 bridgehead atoms. The van der Waals surface area contributed by atoms with Crippen molar-refractivity contribution in [1.82, 2.24) is 0 Å². The Morgan fingerprint density at radius 1 is 0.704 bits per heavy atom. The molecule has 3 heteroatoms. The van der Waals surface area contributed by atoms with E-state index in [1.165, 1.54) is 32.7 Å². The molecule has 1 nitrogen and oxygen atoms in total. The molecule has 0 aliphatic rings. The molecule has 1 aromatic heterocycles. The van der Waals surface area contributed by atoms with Crippen molar-refractivity contribution >= 4 is 59.8 Å². The fourth-order valence-corrected chi connectivity index (χ4v) is 9.72. The summed E-state index contributed by atoms with van der Waals surface area (Å²) < 4.78 is 3.03. The van der Waals surface area contributed by atoms with Crippen LogP contribution in [0.15, 0.2) is 78.9 Å². The third-order valence-corrected chi connectivity index (χ3v) is 15.3. The number of nitrogens with zero attached hydrogens (tertiary/aromatic N) is 1. The SMILES string of the molecule is Cc1cccc(N(c2ccccc2)c2ccc3c[c]([Sn]([CH3])([CH3])[CH3])sc3c2)c1. The number of aryl methyl sites for hydroxylation is 1. The number of fused-ring (bicyclic) bond motifs is 1. The van der Waals surface area contributed by atoms with E-state index in [0.29, 0.717) is 0 Å². The second-order valence-corrected chi connectivity index (χ2v) is 24.6. The average Bonchev–Trinajstić information content (AvgIpc) is 3.07. The quantitative estimate of drug-likeness (QED) is 0.280. The van der Waals surface area contributed by atoms with E-state index >= 15 is 0 Å². The van der Waals surface area contributed by atoms with Crippen molar-refractivity contribution in [1.29, 1.82) is 0 Å². The summed E-state index contributed by atoms with van der Waals surface area (Å²) in [6.45, 7) is 2.15. The molecule has 4 rings (SSSR count). The summed E-state index contributed by atoms with van der Waals surface area (Å²) in [6.07, 6.45) is 0. The van der Waals surface area contributed by atoms with E-state index in [-0.39, 0.29) is 0 Å². The van der Waals surface area contributed by atoms with Crippen LogP contribution in [0.4, 0.5) is 17.1 Å². The van der Waals surface area contributed by atoms with Crippen LogP contribution in [0.3, 0.4) is 0 Å². The van der Waals surface area contributed by atoms with Gasteiger partial charge in [0, 0.05) is 0 Å². The van der Waals surface area contributed by atoms with Crippen molar-refractivity contribution in [2.24, 2.45) is 0 Å². The number of hydrogen-bond donors (Lipinski definition) is 0. The van der Waals surface area contributed by atoms with Crippen molar-refractivity contribution < 1.29 is 0 Å². The molecule has 0 amide bonds. The zero-order valence-electron chi connectivity index (χ0n) is 16.4. The monoisotopic (exact) mass is 479 g/mol. The van der Waals surface area contributed by atoms with Gasteiger partial charge in [0.15, 0.2) is 0 Å². The number of para-hydroxylation sites is 1. The van der Waals surface area contributed by atoms with Gasteiger partial charge in [-0.3, -0.25) is 0 Å². The second kappa shape index (κ2) is 7.33. The van der Waals surface area contributed by atoms with Gasteiger partial charge in [-0.1, -0.05) is 0 Å². The van der Waals surface area contributed by atoms with E-state index in [4.69, 9.17) is 0 Å². The van der Waals surface area contributed by atoms with Gasteiger partial charge in [0.2, 0.25) is 0 Å². The van der Waals surface area contributed by atoms with Gasteiger partial charge in [-0.25, -0.2) is 0 Å². The van der Waals surface area contributed by atoms with Crippen molar-refractivity contribution in [3.8, 4) is 0 Å². The minimum atomic E-state index is -2.04. The molecule has 0 fully saturated rings. The van der Waals surface area contributed by atoms with Gasteiger partial charge in [0.05, 0.1) is 0 Å². The maximum absolute atomic E-state index is 2.49. The molecule has 3 aromatic carbocycles. The fraction of sp³-hybridized carbons (Fsp3) is 0.167. The summed E-state index contributed by atoms with van der Waals surface area (Å²) in [4.78, 5) is 9.82. The summed E-state index contributed by atoms with van der Waals surface area (Å²) in [6, 6.07) is 28.7. The van der Waals surface area contributed by atoms with Crippen LogP contribution in [0.2, 0.25) is 14.8 Å². The van der Waals surface area contributed by atoms with Crippen LogP contribution in [0.25, 0.3) is 10.1 Å². The van der Waals surface area contributed by atoms with E-state index in [1.807, 2.05) is 11.3 Å². The molecular formula is C24H25NSSn. The first-order chi connectivity index (χ1) is 12.9. The Bertz CT molecular complexity index is 1080. The molecule has 0 aliphatic heterocycles. The van der Waals surface area contributed by atoms with Crippen molar-refractivity contribution in [2.45, 2.75) is 21.7 Å². The average molecular weight is 478 g/mol. The van der Waals surface area contributed by atoms with Crippen molar-refractivity contribution in [3.63, 3.8) is 0 Å². The molecule has 0 unspecified atom stereocenters. The van der Waals surface area contributed by atoms with E-state index < -0.39 is 18.4 Å². The Labute approximate surface area is 170 Å². The normalized spacial score (nSPS) is 11.7. The van der Waals surface area contributed by atoms with Gasteiger partial charge in [0.25, 0.3) is 0 Å². The number of benzene rings is 3. The predicted octanol–water partition coefficient (Wildman–Crippen LogP) is 7.22. The van der Waals surface area contributed by atoms with Gasteiger partial charge < -0.3 is 0 Å². The summed E-state index contributed by atoms with van der Waals surface area (Å²) >= 11 is -0.0488. The Hall–Kier alpha value is -1.78. The zero-order valence-corrected chi connectivity index (χ0v) is 20.0. The first-order valence-corrected chi connectivity index (χ1v) is 20.2. The van der Waals surface area contributed by atoms with Crippen LogP contribution in [0, 0.1) is 6.92 Å². The molecule has 0 saturated carbocycles. The number of thiophene rings is 1. The van der Waals surface area contributed by atoms with E-state index in [1.54, 1.807) is 2.89 Å². The predicted molar refractivity (Wildman–Crippen MR) is 124 cm³/mol. The number of hydrogen-bond acceptors (Lipinski definition) is 2. The standard InChI is InChI=1S/C21H16NS.3CH3.Sn/c1-16-6-5-9-19(14-16)22(18-7-3-2-4-8-18)20-11-10-17-12-13-23-21(17)15-20;;;;/h2-12,14-15H,1H3;3*1H3;.